The Labute approximate surface area is 208 Å². The summed E-state index contributed by atoms with van der Waals surface area (Å²) in [7, 11) is -3.93. The molecule has 0 bridgehead atoms. The van der Waals surface area contributed by atoms with Gasteiger partial charge in [0.15, 0.2) is 0 Å². The predicted molar refractivity (Wildman–Crippen MR) is 149 cm³/mol. The highest BCUT2D eigenvalue weighted by atomic mass is 28.3. The van der Waals surface area contributed by atoms with Crippen molar-refractivity contribution in [3.8, 4) is 5.69 Å². The van der Waals surface area contributed by atoms with Gasteiger partial charge in [-0.1, -0.05) is 115 Å². The Balaban J connectivity index is 1.65. The van der Waals surface area contributed by atoms with Crippen LogP contribution in [0.2, 0.25) is 37.8 Å². The van der Waals surface area contributed by atoms with E-state index in [2.05, 4.69) is 86.9 Å². The minimum atomic E-state index is -2.02. The molecule has 0 unspecified atom stereocenters. The number of rotatable bonds is 6. The fraction of sp³-hybridized carbons (Fsp3) is 0.286. The van der Waals surface area contributed by atoms with Gasteiger partial charge in [-0.3, -0.25) is 0 Å². The Kier molecular flexibility index (Phi) is 5.93. The molecule has 3 aromatic carbocycles. The number of hydrogen-bond donors (Lipinski definition) is 0. The lowest BCUT2D eigenvalue weighted by molar-refractivity contribution is 0.497. The van der Waals surface area contributed by atoms with Gasteiger partial charge in [0.25, 0.3) is 0 Å². The number of aromatic nitrogens is 3. The molecule has 0 saturated heterocycles. The maximum atomic E-state index is 13.9. The molecule has 7 heteroatoms. The molecule has 0 aliphatic carbocycles. The van der Waals surface area contributed by atoms with Crippen LogP contribution >= 0.6 is 0 Å². The summed E-state index contributed by atoms with van der Waals surface area (Å²) in [6.07, 6.45) is 0. The predicted octanol–water partition coefficient (Wildman–Crippen LogP) is 3.96. The summed E-state index contributed by atoms with van der Waals surface area (Å²) in [5.74, 6) is 0. The Bertz CT molecular complexity index is 1440. The van der Waals surface area contributed by atoms with Gasteiger partial charge in [0, 0.05) is 12.1 Å². The summed E-state index contributed by atoms with van der Waals surface area (Å²) >= 11 is 0. The SMILES string of the molecule is C[Si](C)(C[C@@H]1[C@@H]([Si](C)(C)c2ccccc2)Cn2c(=O)n(-c3ccccc3)c(=O)n21)c1ccccc1. The maximum absolute atomic E-state index is 13.9. The second-order valence-corrected chi connectivity index (χ2v) is 20.4. The average Bonchev–Trinajstić information content (AvgIpc) is 3.36. The molecule has 5 nitrogen and oxygen atoms in total. The molecule has 0 radical (unpaired) electrons. The number of benzene rings is 3. The Morgan fingerprint density at radius 1 is 0.714 bits per heavy atom. The maximum Gasteiger partial charge on any atom is 0.352 e. The monoisotopic (exact) mass is 499 g/mol. The van der Waals surface area contributed by atoms with Crippen molar-refractivity contribution < 1.29 is 0 Å². The van der Waals surface area contributed by atoms with Gasteiger partial charge in [0.05, 0.1) is 27.9 Å². The zero-order valence-electron chi connectivity index (χ0n) is 20.9. The average molecular weight is 500 g/mol. The van der Waals surface area contributed by atoms with E-state index in [9.17, 15) is 9.59 Å². The summed E-state index contributed by atoms with van der Waals surface area (Å²) < 4.78 is 4.89. The van der Waals surface area contributed by atoms with Crippen LogP contribution in [0.25, 0.3) is 5.69 Å². The van der Waals surface area contributed by atoms with Gasteiger partial charge in [0.1, 0.15) is 0 Å². The molecular weight excluding hydrogens is 466 g/mol. The molecular formula is C28H33N3O2Si2. The van der Waals surface area contributed by atoms with Crippen molar-refractivity contribution in [1.29, 1.82) is 0 Å². The van der Waals surface area contributed by atoms with Crippen molar-refractivity contribution >= 4 is 26.5 Å². The van der Waals surface area contributed by atoms with Gasteiger partial charge < -0.3 is 0 Å². The molecule has 0 N–H and O–H groups in total. The van der Waals surface area contributed by atoms with Crippen LogP contribution in [0.15, 0.2) is 101 Å². The number of hydrogen-bond acceptors (Lipinski definition) is 2. The van der Waals surface area contributed by atoms with Gasteiger partial charge in [-0.15, -0.1) is 0 Å². The molecule has 0 amide bonds. The Hall–Kier alpha value is -3.17. The van der Waals surface area contributed by atoms with E-state index >= 15 is 0 Å². The van der Waals surface area contributed by atoms with E-state index in [0.29, 0.717) is 12.2 Å². The van der Waals surface area contributed by atoms with Crippen molar-refractivity contribution in [1.82, 2.24) is 13.9 Å². The van der Waals surface area contributed by atoms with Crippen LogP contribution in [0.5, 0.6) is 0 Å². The first kappa shape index (κ1) is 23.6. The minimum absolute atomic E-state index is 0.0103. The van der Waals surface area contributed by atoms with Crippen LogP contribution in [-0.4, -0.2) is 30.1 Å². The van der Waals surface area contributed by atoms with E-state index in [1.165, 1.54) is 14.9 Å². The fourth-order valence-corrected chi connectivity index (χ4v) is 12.2. The summed E-state index contributed by atoms with van der Waals surface area (Å²) in [6, 6.07) is 31.6. The highest BCUT2D eigenvalue weighted by Gasteiger charge is 2.48. The highest BCUT2D eigenvalue weighted by molar-refractivity contribution is 6.92. The summed E-state index contributed by atoms with van der Waals surface area (Å²) in [4.78, 5) is 27.5. The van der Waals surface area contributed by atoms with Crippen LogP contribution in [0, 0.1) is 0 Å². The lowest BCUT2D eigenvalue weighted by atomic mass is 10.2. The van der Waals surface area contributed by atoms with Crippen molar-refractivity contribution in [3.63, 3.8) is 0 Å². The zero-order chi connectivity index (χ0) is 24.8. The lowest BCUT2D eigenvalue weighted by Gasteiger charge is -2.36. The molecule has 1 aromatic heterocycles. The number of fused-ring (bicyclic) bond motifs is 1. The van der Waals surface area contributed by atoms with E-state index in [-0.39, 0.29) is 23.0 Å². The fourth-order valence-electron chi connectivity index (χ4n) is 5.81. The molecule has 4 aromatic rings. The third-order valence-electron chi connectivity index (χ3n) is 7.94. The first-order valence-electron chi connectivity index (χ1n) is 12.3. The highest BCUT2D eigenvalue weighted by Crippen LogP contribution is 2.42. The quantitative estimate of drug-likeness (QED) is 0.377. The molecule has 0 fully saturated rings. The summed E-state index contributed by atoms with van der Waals surface area (Å²) in [5, 5.41) is 2.76. The molecule has 35 heavy (non-hydrogen) atoms. The van der Waals surface area contributed by atoms with Gasteiger partial charge in [0.2, 0.25) is 0 Å². The third kappa shape index (κ3) is 4.02. The van der Waals surface area contributed by atoms with Gasteiger partial charge >= 0.3 is 11.4 Å². The van der Waals surface area contributed by atoms with Crippen LogP contribution in [0.1, 0.15) is 6.04 Å². The summed E-state index contributed by atoms with van der Waals surface area (Å²) in [5.41, 5.74) is 0.438. The molecule has 0 spiro atoms. The molecule has 180 valence electrons. The third-order valence-corrected chi connectivity index (χ3v) is 15.5. The molecule has 2 atom stereocenters. The number of nitrogens with zero attached hydrogens (tertiary/aromatic N) is 3. The normalized spacial score (nSPS) is 17.9. The molecule has 5 rings (SSSR count). The molecule has 1 aliphatic rings. The van der Waals surface area contributed by atoms with E-state index in [1.807, 2.05) is 35.0 Å². The lowest BCUT2D eigenvalue weighted by Crippen LogP contribution is -2.51. The van der Waals surface area contributed by atoms with Crippen molar-refractivity contribution in [3.05, 3.63) is 112 Å². The Morgan fingerprint density at radius 2 is 1.23 bits per heavy atom. The van der Waals surface area contributed by atoms with Crippen LogP contribution in [0.4, 0.5) is 0 Å². The second kappa shape index (κ2) is 8.80. The molecule has 1 aliphatic heterocycles. The zero-order valence-corrected chi connectivity index (χ0v) is 22.9. The second-order valence-electron chi connectivity index (χ2n) is 10.9. The van der Waals surface area contributed by atoms with E-state index < -0.39 is 16.1 Å². The Morgan fingerprint density at radius 3 is 1.80 bits per heavy atom. The topological polar surface area (TPSA) is 48.9 Å². The van der Waals surface area contributed by atoms with Crippen molar-refractivity contribution in [2.75, 3.05) is 0 Å². The van der Waals surface area contributed by atoms with Crippen molar-refractivity contribution in [2.24, 2.45) is 0 Å². The van der Waals surface area contributed by atoms with E-state index in [1.54, 1.807) is 4.68 Å². The largest absolute Gasteiger partial charge is 0.352 e. The number of para-hydroxylation sites is 1. The standard InChI is InChI=1S/C28H33N3O2Si2/c1-34(2,23-16-10-6-11-17-23)21-25-26(35(3,4)24-18-12-7-13-19-24)20-29-27(32)30(28(33)31(25)29)22-14-8-5-9-15-22/h5-19,25-26H,20-21H2,1-4H3/t25-,26+/m1/s1. The van der Waals surface area contributed by atoms with Crippen molar-refractivity contribution in [2.45, 2.75) is 50.4 Å². The molecule has 0 saturated carbocycles. The van der Waals surface area contributed by atoms with Crippen LogP contribution in [-0.2, 0) is 6.54 Å². The minimum Gasteiger partial charge on any atom is -0.246 e. The smallest absolute Gasteiger partial charge is 0.246 e. The summed E-state index contributed by atoms with van der Waals surface area (Å²) in [6.45, 7) is 10.1. The van der Waals surface area contributed by atoms with Crippen LogP contribution in [0.3, 0.4) is 0 Å². The molecule has 2 heterocycles. The van der Waals surface area contributed by atoms with Gasteiger partial charge in [-0.2, -0.15) is 0 Å². The van der Waals surface area contributed by atoms with E-state index in [0.717, 1.165) is 6.04 Å². The first-order valence-corrected chi connectivity index (χ1v) is 18.6. The van der Waals surface area contributed by atoms with E-state index in [4.69, 9.17) is 0 Å². The van der Waals surface area contributed by atoms with Gasteiger partial charge in [-0.25, -0.2) is 23.5 Å². The van der Waals surface area contributed by atoms with Crippen LogP contribution < -0.4 is 21.8 Å². The first-order chi connectivity index (χ1) is 16.7. The van der Waals surface area contributed by atoms with Gasteiger partial charge in [-0.05, 0) is 18.2 Å².